The van der Waals surface area contributed by atoms with Gasteiger partial charge in [-0.3, -0.25) is 4.79 Å². The van der Waals surface area contributed by atoms with Crippen LogP contribution in [0.2, 0.25) is 0 Å². The lowest BCUT2D eigenvalue weighted by Crippen LogP contribution is -2.19. The molecule has 7 heteroatoms. The highest BCUT2D eigenvalue weighted by molar-refractivity contribution is 5.70. The van der Waals surface area contributed by atoms with Crippen molar-refractivity contribution in [3.8, 4) is 17.1 Å². The van der Waals surface area contributed by atoms with Crippen LogP contribution in [0.4, 0.5) is 0 Å². The Morgan fingerprint density at radius 2 is 2.17 bits per heavy atom. The smallest absolute Gasteiger partial charge is 0.259 e. The lowest BCUT2D eigenvalue weighted by Gasteiger charge is -2.15. The van der Waals surface area contributed by atoms with Gasteiger partial charge in [-0.05, 0) is 37.1 Å². The summed E-state index contributed by atoms with van der Waals surface area (Å²) in [5, 5.41) is 3.96. The maximum atomic E-state index is 12.4. The normalized spacial score (nSPS) is 14.7. The van der Waals surface area contributed by atoms with Gasteiger partial charge in [0, 0.05) is 23.8 Å². The molecule has 1 aliphatic rings. The quantitative estimate of drug-likeness (QED) is 0.684. The summed E-state index contributed by atoms with van der Waals surface area (Å²) in [5.74, 6) is 1.36. The topological polar surface area (TPSA) is 90.2 Å². The van der Waals surface area contributed by atoms with Crippen molar-refractivity contribution in [3.63, 3.8) is 0 Å². The first-order valence-electron chi connectivity index (χ1n) is 9.74. The van der Waals surface area contributed by atoms with E-state index in [1.54, 1.807) is 12.1 Å². The summed E-state index contributed by atoms with van der Waals surface area (Å²) in [6, 6.07) is 9.55. The minimum absolute atomic E-state index is 0.124. The molecule has 0 spiro atoms. The molecule has 1 unspecified atom stereocenters. The van der Waals surface area contributed by atoms with Crippen LogP contribution in [0.5, 0.6) is 5.75 Å². The maximum absolute atomic E-state index is 12.4. The Labute approximate surface area is 168 Å². The number of H-pyrrole nitrogens is 1. The Morgan fingerprint density at radius 1 is 1.31 bits per heavy atom. The van der Waals surface area contributed by atoms with Gasteiger partial charge >= 0.3 is 0 Å². The number of ether oxygens (including phenoxy) is 2. The van der Waals surface area contributed by atoms with Gasteiger partial charge in [0.25, 0.3) is 11.4 Å². The number of rotatable bonds is 6. The fraction of sp³-hybridized carbons (Fsp3) is 0.318. The first-order valence-corrected chi connectivity index (χ1v) is 9.74. The number of fused-ring (bicyclic) bond motifs is 1. The number of nitrogens with one attached hydrogen (secondary N) is 1. The molecule has 3 aromatic rings. The number of aromatic nitrogens is 3. The minimum Gasteiger partial charge on any atom is -0.490 e. The van der Waals surface area contributed by atoms with Gasteiger partial charge in [0.1, 0.15) is 5.75 Å². The van der Waals surface area contributed by atoms with Gasteiger partial charge in [-0.2, -0.15) is 4.98 Å². The number of hydrogen-bond acceptors (Lipinski definition) is 6. The third-order valence-corrected chi connectivity index (χ3v) is 4.88. The van der Waals surface area contributed by atoms with Crippen LogP contribution in [0.3, 0.4) is 0 Å². The van der Waals surface area contributed by atoms with Crippen LogP contribution in [0.25, 0.3) is 23.5 Å². The highest BCUT2D eigenvalue weighted by Crippen LogP contribution is 2.23. The zero-order chi connectivity index (χ0) is 20.2. The Morgan fingerprint density at radius 3 is 3.03 bits per heavy atom. The lowest BCUT2D eigenvalue weighted by atomic mass is 10.1. The highest BCUT2D eigenvalue weighted by atomic mass is 16.5. The van der Waals surface area contributed by atoms with Crippen LogP contribution in [0.1, 0.15) is 43.0 Å². The van der Waals surface area contributed by atoms with Gasteiger partial charge in [0.15, 0.2) is 0 Å². The second-order valence-electron chi connectivity index (χ2n) is 6.98. The van der Waals surface area contributed by atoms with Crippen molar-refractivity contribution in [2.45, 2.75) is 39.4 Å². The molecule has 0 saturated carbocycles. The molecular formula is C22H23N3O4. The van der Waals surface area contributed by atoms with Crippen LogP contribution in [-0.4, -0.2) is 27.8 Å². The van der Waals surface area contributed by atoms with Crippen LogP contribution in [0.15, 0.2) is 39.6 Å². The molecule has 2 aromatic heterocycles. The molecule has 150 valence electrons. The van der Waals surface area contributed by atoms with Crippen molar-refractivity contribution in [2.24, 2.45) is 0 Å². The van der Waals surface area contributed by atoms with Crippen molar-refractivity contribution in [1.82, 2.24) is 15.1 Å². The number of benzene rings is 1. The molecule has 7 nitrogen and oxygen atoms in total. The lowest BCUT2D eigenvalue weighted by molar-refractivity contribution is 0.109. The number of para-hydroxylation sites is 1. The van der Waals surface area contributed by atoms with Crippen LogP contribution >= 0.6 is 0 Å². The van der Waals surface area contributed by atoms with Crippen molar-refractivity contribution in [3.05, 3.63) is 63.4 Å². The number of pyridine rings is 1. The van der Waals surface area contributed by atoms with E-state index in [4.69, 9.17) is 14.0 Å². The fourth-order valence-corrected chi connectivity index (χ4v) is 3.08. The van der Waals surface area contributed by atoms with Crippen LogP contribution in [0, 0.1) is 0 Å². The molecular weight excluding hydrogens is 370 g/mol. The molecule has 3 heterocycles. The molecule has 0 aliphatic carbocycles. The van der Waals surface area contributed by atoms with Crippen molar-refractivity contribution in [1.29, 1.82) is 0 Å². The van der Waals surface area contributed by atoms with E-state index in [9.17, 15) is 4.79 Å². The Balaban J connectivity index is 1.57. The Kier molecular flexibility index (Phi) is 5.57. The summed E-state index contributed by atoms with van der Waals surface area (Å²) in [4.78, 5) is 19.7. The van der Waals surface area contributed by atoms with Crippen LogP contribution < -0.4 is 10.3 Å². The van der Waals surface area contributed by atoms with Gasteiger partial charge < -0.3 is 19.0 Å². The van der Waals surface area contributed by atoms with E-state index in [-0.39, 0.29) is 17.5 Å². The second kappa shape index (κ2) is 8.45. The van der Waals surface area contributed by atoms with Crippen molar-refractivity contribution >= 4 is 12.2 Å². The molecule has 0 fully saturated rings. The standard InChI is InChI=1S/C22H23N3O4/c1-3-14(2)28-19-7-5-4-6-15(19)8-9-20-24-21(25-29-20)17-12-16-13-27-11-10-18(16)23-22(17)26/h4-9,12,14H,3,10-11,13H2,1-2H3,(H,23,26)/b9-8+. The fourth-order valence-electron chi connectivity index (χ4n) is 3.08. The zero-order valence-electron chi connectivity index (χ0n) is 16.5. The predicted molar refractivity (Wildman–Crippen MR) is 109 cm³/mol. The Hall–Kier alpha value is -3.19. The zero-order valence-corrected chi connectivity index (χ0v) is 16.5. The number of nitrogens with zero attached hydrogens (tertiary/aromatic N) is 2. The van der Waals surface area contributed by atoms with E-state index in [0.29, 0.717) is 31.1 Å². The first-order chi connectivity index (χ1) is 14.1. The van der Waals surface area contributed by atoms with E-state index in [1.165, 1.54) is 0 Å². The third-order valence-electron chi connectivity index (χ3n) is 4.88. The molecule has 1 N–H and O–H groups in total. The Bertz CT molecular complexity index is 1080. The van der Waals surface area contributed by atoms with Gasteiger partial charge in [-0.15, -0.1) is 0 Å². The maximum Gasteiger partial charge on any atom is 0.259 e. The van der Waals surface area contributed by atoms with E-state index in [1.807, 2.05) is 37.3 Å². The van der Waals surface area contributed by atoms with Gasteiger partial charge in [0.2, 0.25) is 5.82 Å². The summed E-state index contributed by atoms with van der Waals surface area (Å²) in [7, 11) is 0. The summed E-state index contributed by atoms with van der Waals surface area (Å²) in [5.41, 5.74) is 2.92. The molecule has 0 radical (unpaired) electrons. The van der Waals surface area contributed by atoms with Gasteiger partial charge in [-0.1, -0.05) is 30.3 Å². The van der Waals surface area contributed by atoms with Crippen molar-refractivity contribution in [2.75, 3.05) is 6.61 Å². The molecule has 0 amide bonds. The first kappa shape index (κ1) is 19.1. The molecule has 1 aromatic carbocycles. The second-order valence-corrected chi connectivity index (χ2v) is 6.98. The summed E-state index contributed by atoms with van der Waals surface area (Å²) in [6.45, 7) is 5.20. The molecule has 1 atom stereocenters. The molecule has 0 saturated heterocycles. The molecule has 29 heavy (non-hydrogen) atoms. The summed E-state index contributed by atoms with van der Waals surface area (Å²) in [6.07, 6.45) is 5.32. The largest absolute Gasteiger partial charge is 0.490 e. The SMILES string of the molecule is CCC(C)Oc1ccccc1/C=C/c1nc(-c2cc3c([nH]c2=O)CCOC3)no1. The van der Waals surface area contributed by atoms with Gasteiger partial charge in [-0.25, -0.2) is 0 Å². The van der Waals surface area contributed by atoms with Crippen LogP contribution in [-0.2, 0) is 17.8 Å². The predicted octanol–water partition coefficient (Wildman–Crippen LogP) is 3.85. The monoisotopic (exact) mass is 393 g/mol. The average Bonchev–Trinajstić information content (AvgIpc) is 3.21. The number of hydrogen-bond donors (Lipinski definition) is 1. The van der Waals surface area contributed by atoms with Gasteiger partial charge in [0.05, 0.1) is 24.9 Å². The third kappa shape index (κ3) is 4.30. The summed E-state index contributed by atoms with van der Waals surface area (Å²) < 4.78 is 16.7. The van der Waals surface area contributed by atoms with E-state index >= 15 is 0 Å². The number of aromatic amines is 1. The molecule has 0 bridgehead atoms. The summed E-state index contributed by atoms with van der Waals surface area (Å²) >= 11 is 0. The molecule has 1 aliphatic heterocycles. The van der Waals surface area contributed by atoms with E-state index < -0.39 is 0 Å². The minimum atomic E-state index is -0.228. The average molecular weight is 393 g/mol. The van der Waals surface area contributed by atoms with Crippen molar-refractivity contribution < 1.29 is 14.0 Å². The molecule has 4 rings (SSSR count). The van der Waals surface area contributed by atoms with E-state index in [2.05, 4.69) is 22.0 Å². The van der Waals surface area contributed by atoms with E-state index in [0.717, 1.165) is 29.0 Å². The highest BCUT2D eigenvalue weighted by Gasteiger charge is 2.17.